The highest BCUT2D eigenvalue weighted by molar-refractivity contribution is 6.07. The Bertz CT molecular complexity index is 1310. The predicted molar refractivity (Wildman–Crippen MR) is 128 cm³/mol. The van der Waals surface area contributed by atoms with Gasteiger partial charge in [0.2, 0.25) is 5.89 Å². The lowest BCUT2D eigenvalue weighted by Gasteiger charge is -2.13. The molecule has 33 heavy (non-hydrogen) atoms. The van der Waals surface area contributed by atoms with Gasteiger partial charge in [0, 0.05) is 11.6 Å². The Balaban J connectivity index is 1.68. The monoisotopic (exact) mass is 446 g/mol. The third-order valence-corrected chi connectivity index (χ3v) is 5.43. The number of aromatic nitrogens is 1. The van der Waals surface area contributed by atoms with E-state index >= 15 is 0 Å². The number of anilines is 1. The van der Waals surface area contributed by atoms with Gasteiger partial charge in [-0.3, -0.25) is 4.79 Å². The van der Waals surface area contributed by atoms with Crippen LogP contribution in [0.1, 0.15) is 35.7 Å². The smallest absolute Gasteiger partial charge is 0.259 e. The molecule has 1 aromatic heterocycles. The van der Waals surface area contributed by atoms with E-state index < -0.39 is 0 Å². The molecule has 7 nitrogen and oxygen atoms in total. The molecular formula is C26H26N2O5. The largest absolute Gasteiger partial charge is 0.497 e. The lowest BCUT2D eigenvalue weighted by Crippen LogP contribution is -2.14. The van der Waals surface area contributed by atoms with E-state index in [4.69, 9.17) is 18.6 Å². The molecule has 4 rings (SSSR count). The molecule has 0 aliphatic rings. The van der Waals surface area contributed by atoms with E-state index in [1.54, 1.807) is 44.6 Å². The Kier molecular flexibility index (Phi) is 6.22. The fourth-order valence-electron chi connectivity index (χ4n) is 3.54. The number of rotatable bonds is 7. The van der Waals surface area contributed by atoms with Crippen LogP contribution in [0.25, 0.3) is 22.6 Å². The van der Waals surface area contributed by atoms with Crippen molar-refractivity contribution in [2.45, 2.75) is 19.8 Å². The molecule has 0 saturated heterocycles. The molecule has 1 N–H and O–H groups in total. The third-order valence-electron chi connectivity index (χ3n) is 5.43. The summed E-state index contributed by atoms with van der Waals surface area (Å²) in [6.45, 7) is 4.27. The van der Waals surface area contributed by atoms with Crippen LogP contribution in [0, 0.1) is 0 Å². The molecule has 0 radical (unpaired) electrons. The van der Waals surface area contributed by atoms with E-state index in [1.165, 1.54) is 12.7 Å². The van der Waals surface area contributed by atoms with Crippen molar-refractivity contribution in [3.05, 3.63) is 65.7 Å². The summed E-state index contributed by atoms with van der Waals surface area (Å²) in [4.78, 5) is 17.7. The minimum Gasteiger partial charge on any atom is -0.497 e. The molecule has 0 aliphatic carbocycles. The standard InChI is InChI=1S/C26H26N2O5/c1-15(2)16-6-11-23-21(12-16)28-26(33-23)17-7-10-22(31-4)20(13-17)27-25(29)19-9-8-18(30-3)14-24(19)32-5/h6-15H,1-5H3,(H,27,29). The van der Waals surface area contributed by atoms with Crippen LogP contribution in [0.4, 0.5) is 5.69 Å². The minimum atomic E-state index is -0.343. The molecule has 170 valence electrons. The summed E-state index contributed by atoms with van der Waals surface area (Å²) < 4.78 is 22.0. The van der Waals surface area contributed by atoms with Gasteiger partial charge in [-0.05, 0) is 53.9 Å². The second-order valence-corrected chi connectivity index (χ2v) is 7.84. The van der Waals surface area contributed by atoms with Gasteiger partial charge in [0.25, 0.3) is 5.91 Å². The minimum absolute atomic E-state index is 0.343. The average molecular weight is 447 g/mol. The van der Waals surface area contributed by atoms with Crippen LogP contribution in [-0.2, 0) is 0 Å². The number of fused-ring (bicyclic) bond motifs is 1. The molecule has 3 aromatic carbocycles. The van der Waals surface area contributed by atoms with Crippen molar-refractivity contribution in [2.24, 2.45) is 0 Å². The number of carbonyl (C=O) groups excluding carboxylic acids is 1. The van der Waals surface area contributed by atoms with Crippen molar-refractivity contribution >= 4 is 22.7 Å². The lowest BCUT2D eigenvalue weighted by molar-refractivity contribution is 0.102. The Morgan fingerprint density at radius 2 is 1.70 bits per heavy atom. The number of carbonyl (C=O) groups is 1. The molecule has 0 atom stereocenters. The zero-order chi connectivity index (χ0) is 23.5. The number of hydrogen-bond acceptors (Lipinski definition) is 6. The number of ether oxygens (including phenoxy) is 3. The summed E-state index contributed by atoms with van der Waals surface area (Å²) in [5, 5.41) is 2.90. The molecule has 1 amide bonds. The van der Waals surface area contributed by atoms with E-state index in [-0.39, 0.29) is 5.91 Å². The van der Waals surface area contributed by atoms with Crippen LogP contribution < -0.4 is 19.5 Å². The van der Waals surface area contributed by atoms with Crippen molar-refractivity contribution in [1.29, 1.82) is 0 Å². The van der Waals surface area contributed by atoms with Gasteiger partial charge in [-0.15, -0.1) is 0 Å². The van der Waals surface area contributed by atoms with Gasteiger partial charge in [0.05, 0.1) is 32.6 Å². The first-order valence-electron chi connectivity index (χ1n) is 10.6. The fourth-order valence-corrected chi connectivity index (χ4v) is 3.54. The number of methoxy groups -OCH3 is 3. The molecule has 4 aromatic rings. The lowest BCUT2D eigenvalue weighted by atomic mass is 10.0. The second-order valence-electron chi connectivity index (χ2n) is 7.84. The zero-order valence-electron chi connectivity index (χ0n) is 19.3. The van der Waals surface area contributed by atoms with E-state index in [2.05, 4.69) is 24.1 Å². The van der Waals surface area contributed by atoms with Gasteiger partial charge >= 0.3 is 0 Å². The third kappa shape index (κ3) is 4.48. The highest BCUT2D eigenvalue weighted by Gasteiger charge is 2.18. The average Bonchev–Trinajstić information content (AvgIpc) is 3.27. The Labute approximate surface area is 192 Å². The summed E-state index contributed by atoms with van der Waals surface area (Å²) in [6.07, 6.45) is 0. The highest BCUT2D eigenvalue weighted by atomic mass is 16.5. The van der Waals surface area contributed by atoms with Crippen molar-refractivity contribution in [2.75, 3.05) is 26.6 Å². The van der Waals surface area contributed by atoms with Crippen molar-refractivity contribution in [3.8, 4) is 28.7 Å². The maximum Gasteiger partial charge on any atom is 0.259 e. The molecule has 0 aliphatic heterocycles. The van der Waals surface area contributed by atoms with Gasteiger partial charge < -0.3 is 23.9 Å². The predicted octanol–water partition coefficient (Wildman–Crippen LogP) is 5.90. The van der Waals surface area contributed by atoms with E-state index in [9.17, 15) is 4.79 Å². The molecule has 0 spiro atoms. The van der Waals surface area contributed by atoms with Crippen LogP contribution in [0.3, 0.4) is 0 Å². The fraction of sp³-hybridized carbons (Fsp3) is 0.231. The number of oxazole rings is 1. The quantitative estimate of drug-likeness (QED) is 0.381. The number of amides is 1. The van der Waals surface area contributed by atoms with E-state index in [0.29, 0.717) is 45.9 Å². The van der Waals surface area contributed by atoms with Crippen LogP contribution in [0.15, 0.2) is 59.0 Å². The van der Waals surface area contributed by atoms with Crippen molar-refractivity contribution < 1.29 is 23.4 Å². The Morgan fingerprint density at radius 3 is 2.39 bits per heavy atom. The van der Waals surface area contributed by atoms with Gasteiger partial charge in [0.1, 0.15) is 22.8 Å². The van der Waals surface area contributed by atoms with Gasteiger partial charge in [-0.2, -0.15) is 0 Å². The van der Waals surface area contributed by atoms with E-state index in [1.807, 2.05) is 24.3 Å². The van der Waals surface area contributed by atoms with Crippen LogP contribution in [-0.4, -0.2) is 32.2 Å². The Hall–Kier alpha value is -4.00. The van der Waals surface area contributed by atoms with Gasteiger partial charge in [-0.1, -0.05) is 19.9 Å². The molecular weight excluding hydrogens is 420 g/mol. The summed E-state index contributed by atoms with van der Waals surface area (Å²) in [5.74, 6) is 2.03. The highest BCUT2D eigenvalue weighted by Crippen LogP contribution is 2.34. The summed E-state index contributed by atoms with van der Waals surface area (Å²) >= 11 is 0. The van der Waals surface area contributed by atoms with Crippen LogP contribution in [0.2, 0.25) is 0 Å². The number of hydrogen-bond donors (Lipinski definition) is 1. The Morgan fingerprint density at radius 1 is 0.909 bits per heavy atom. The molecule has 1 heterocycles. The second kappa shape index (κ2) is 9.24. The summed E-state index contributed by atoms with van der Waals surface area (Å²) in [5.41, 5.74) is 4.27. The van der Waals surface area contributed by atoms with Crippen LogP contribution >= 0.6 is 0 Å². The first-order valence-corrected chi connectivity index (χ1v) is 10.6. The van der Waals surface area contributed by atoms with Gasteiger partial charge in [-0.25, -0.2) is 4.98 Å². The molecule has 0 unspecified atom stereocenters. The number of nitrogens with one attached hydrogen (secondary N) is 1. The number of nitrogens with zero attached hydrogens (tertiary/aromatic N) is 1. The SMILES string of the molecule is COc1ccc(C(=O)Nc2cc(-c3nc4cc(C(C)C)ccc4o3)ccc2OC)c(OC)c1. The first kappa shape index (κ1) is 22.2. The summed E-state index contributed by atoms with van der Waals surface area (Å²) in [6, 6.07) is 16.4. The molecule has 0 saturated carbocycles. The van der Waals surface area contributed by atoms with Gasteiger partial charge in [0.15, 0.2) is 5.58 Å². The number of benzene rings is 3. The van der Waals surface area contributed by atoms with E-state index in [0.717, 1.165) is 11.1 Å². The van der Waals surface area contributed by atoms with Crippen molar-refractivity contribution in [1.82, 2.24) is 4.98 Å². The zero-order valence-corrected chi connectivity index (χ0v) is 19.3. The normalized spacial score (nSPS) is 11.0. The maximum absolute atomic E-state index is 13.0. The molecule has 0 fully saturated rings. The maximum atomic E-state index is 13.0. The molecule has 0 bridgehead atoms. The summed E-state index contributed by atoms with van der Waals surface area (Å²) in [7, 11) is 4.61. The van der Waals surface area contributed by atoms with Crippen molar-refractivity contribution in [3.63, 3.8) is 0 Å². The van der Waals surface area contributed by atoms with Crippen LogP contribution in [0.5, 0.6) is 17.2 Å². The first-order chi connectivity index (χ1) is 15.9. The molecule has 7 heteroatoms. The topological polar surface area (TPSA) is 82.8 Å².